The molecule has 0 saturated carbocycles. The van der Waals surface area contributed by atoms with Gasteiger partial charge in [0.15, 0.2) is 6.04 Å². The highest BCUT2D eigenvalue weighted by Crippen LogP contribution is 2.11. The highest BCUT2D eigenvalue weighted by Gasteiger charge is 2.34. The molecule has 1 fully saturated rings. The van der Waals surface area contributed by atoms with E-state index in [1.807, 2.05) is 19.2 Å². The number of nitrogens with two attached hydrogens (primary N) is 1. The van der Waals surface area contributed by atoms with Crippen LogP contribution < -0.4 is 37.6 Å². The Morgan fingerprint density at radius 1 is 0.816 bits per heavy atom. The lowest BCUT2D eigenvalue weighted by Gasteiger charge is -2.27. The van der Waals surface area contributed by atoms with E-state index in [0.717, 1.165) is 19.4 Å². The Morgan fingerprint density at radius 2 is 1.41 bits per heavy atom. The maximum absolute atomic E-state index is 13.7. The van der Waals surface area contributed by atoms with Gasteiger partial charge in [-0.1, -0.05) is 58.0 Å². The Bertz CT molecular complexity index is 1240. The van der Waals surface area contributed by atoms with Crippen molar-refractivity contribution in [3.8, 4) is 0 Å². The topological polar surface area (TPSA) is 247 Å². The second-order valence-corrected chi connectivity index (χ2v) is 13.4. The van der Waals surface area contributed by atoms with Gasteiger partial charge in [0.2, 0.25) is 23.6 Å². The summed E-state index contributed by atoms with van der Waals surface area (Å²) >= 11 is 0. The number of amides is 5. The number of carboxylic acid groups (broad SMARTS) is 1. The molecule has 0 radical (unpaired) electrons. The first-order chi connectivity index (χ1) is 23.3. The molecule has 274 valence electrons. The summed E-state index contributed by atoms with van der Waals surface area (Å²) in [5.41, 5.74) is 4.51. The van der Waals surface area contributed by atoms with Crippen LogP contribution in [-0.2, 0) is 35.2 Å². The summed E-state index contributed by atoms with van der Waals surface area (Å²) in [5.74, 6) is -4.78. The molecule has 0 spiro atoms. The summed E-state index contributed by atoms with van der Waals surface area (Å²) in [4.78, 5) is 78.4. The summed E-state index contributed by atoms with van der Waals surface area (Å²) < 4.78 is 0. The molecule has 0 aromatic heterocycles. The van der Waals surface area contributed by atoms with Crippen LogP contribution in [0.4, 0.5) is 0 Å². The predicted octanol–water partition coefficient (Wildman–Crippen LogP) is -2.43. The van der Waals surface area contributed by atoms with Crippen LogP contribution in [-0.4, -0.2) is 102 Å². The number of carbonyl (C=O) groups is 6. The molecule has 2 rings (SSSR count). The average molecular weight is 692 g/mol. The Balaban J connectivity index is 2.25. The molecule has 0 bridgehead atoms. The third kappa shape index (κ3) is 14.1. The molecular formula is C34H57N7O8+2. The Labute approximate surface area is 288 Å². The normalized spacial score (nSPS) is 17.3. The molecule has 6 atom stereocenters. The molecular weight excluding hydrogens is 634 g/mol. The number of aliphatic hydroxyl groups is 1. The van der Waals surface area contributed by atoms with Gasteiger partial charge in [0, 0.05) is 19.3 Å². The van der Waals surface area contributed by atoms with E-state index in [-0.39, 0.29) is 30.7 Å². The number of benzene rings is 1. The molecule has 1 saturated heterocycles. The zero-order valence-corrected chi connectivity index (χ0v) is 29.2. The molecule has 0 aliphatic carbocycles. The van der Waals surface area contributed by atoms with Gasteiger partial charge >= 0.3 is 5.97 Å². The van der Waals surface area contributed by atoms with Gasteiger partial charge in [0.05, 0.1) is 19.7 Å². The van der Waals surface area contributed by atoms with Crippen LogP contribution in [0.15, 0.2) is 30.3 Å². The van der Waals surface area contributed by atoms with Crippen LogP contribution in [0.25, 0.3) is 0 Å². The monoisotopic (exact) mass is 691 g/mol. The molecule has 1 aromatic carbocycles. The van der Waals surface area contributed by atoms with Crippen molar-refractivity contribution in [3.63, 3.8) is 0 Å². The number of aliphatic hydroxyl groups excluding tert-OH is 1. The van der Waals surface area contributed by atoms with Crippen LogP contribution in [0.2, 0.25) is 0 Å². The summed E-state index contributed by atoms with van der Waals surface area (Å²) in [6.07, 6.45) is 3.47. The van der Waals surface area contributed by atoms with Crippen molar-refractivity contribution in [3.05, 3.63) is 35.9 Å². The maximum Gasteiger partial charge on any atom is 0.326 e. The second kappa shape index (κ2) is 21.1. The largest absolute Gasteiger partial charge is 0.480 e. The number of carboxylic acids is 1. The molecule has 0 unspecified atom stereocenters. The number of nitrogens with one attached hydrogen (secondary N) is 5. The summed E-state index contributed by atoms with van der Waals surface area (Å²) in [6, 6.07) is 2.68. The Morgan fingerprint density at radius 3 is 1.96 bits per heavy atom. The lowest BCUT2D eigenvalue weighted by Crippen LogP contribution is -2.89. The van der Waals surface area contributed by atoms with Gasteiger partial charge in [-0.3, -0.25) is 24.0 Å². The molecule has 5 amide bonds. The van der Waals surface area contributed by atoms with Crippen molar-refractivity contribution in [1.29, 1.82) is 0 Å². The number of unbranched alkanes of at least 4 members (excludes halogenated alkanes) is 1. The standard InChI is InChI=1S/C34H55N7O8/c1-20(2)17-25(32(46)41-28(21(3)4)34(48)49)38-31(45)26(18-22-11-6-5-7-12-22)39-33(47)27(19-42)40-30(44)24(13-8-9-15-35)37-29(43)23-14-10-16-36-23/h5-7,11-12,20-21,23-28,36,42H,8-10,13-19,35H2,1-4H3,(H,37,43)(H,38,45)(H,39,47)(H,40,44)(H,41,46)(H,48,49)/p+2/t23-,24-,25-,26-,27-,28-/m0/s1. The van der Waals surface area contributed by atoms with E-state index in [0.29, 0.717) is 31.4 Å². The number of rotatable bonds is 21. The highest BCUT2D eigenvalue weighted by molar-refractivity contribution is 5.96. The summed E-state index contributed by atoms with van der Waals surface area (Å²) in [6.45, 7) is 7.71. The zero-order valence-electron chi connectivity index (χ0n) is 29.2. The minimum atomic E-state index is -1.44. The Kier molecular flexibility index (Phi) is 17.7. The number of aliphatic carboxylic acids is 1. The minimum Gasteiger partial charge on any atom is -0.480 e. The van der Waals surface area contributed by atoms with E-state index < -0.39 is 72.3 Å². The van der Waals surface area contributed by atoms with Gasteiger partial charge in [0.1, 0.15) is 30.2 Å². The Hall–Kier alpha value is -4.08. The maximum atomic E-state index is 13.7. The van der Waals surface area contributed by atoms with Crippen LogP contribution in [0.5, 0.6) is 0 Å². The fraction of sp³-hybridized carbons (Fsp3) is 0.647. The molecule has 1 aliphatic heterocycles. The number of hydrogen-bond acceptors (Lipinski definition) is 7. The van der Waals surface area contributed by atoms with Crippen LogP contribution in [0.1, 0.15) is 71.8 Å². The number of quaternary nitrogens is 2. The third-order valence-electron chi connectivity index (χ3n) is 8.43. The quantitative estimate of drug-likeness (QED) is 0.0626. The van der Waals surface area contributed by atoms with Gasteiger partial charge in [-0.25, -0.2) is 4.79 Å². The molecule has 15 heteroatoms. The molecule has 49 heavy (non-hydrogen) atoms. The van der Waals surface area contributed by atoms with E-state index in [4.69, 9.17) is 0 Å². The molecule has 1 aromatic rings. The summed E-state index contributed by atoms with van der Waals surface area (Å²) in [5, 5.41) is 34.8. The highest BCUT2D eigenvalue weighted by atomic mass is 16.4. The molecule has 15 nitrogen and oxygen atoms in total. The zero-order chi connectivity index (χ0) is 36.5. The van der Waals surface area contributed by atoms with Crippen LogP contribution in [0.3, 0.4) is 0 Å². The lowest BCUT2D eigenvalue weighted by atomic mass is 9.99. The van der Waals surface area contributed by atoms with Crippen molar-refractivity contribution in [2.24, 2.45) is 11.8 Å². The first-order valence-electron chi connectivity index (χ1n) is 17.3. The van der Waals surface area contributed by atoms with Crippen LogP contribution in [0, 0.1) is 11.8 Å². The van der Waals surface area contributed by atoms with Crippen molar-refractivity contribution >= 4 is 35.5 Å². The number of carbonyl (C=O) groups excluding carboxylic acids is 5. The molecule has 12 N–H and O–H groups in total. The lowest BCUT2D eigenvalue weighted by molar-refractivity contribution is -0.657. The van der Waals surface area contributed by atoms with E-state index in [2.05, 4.69) is 32.3 Å². The van der Waals surface area contributed by atoms with Crippen molar-refractivity contribution in [2.45, 2.75) is 109 Å². The van der Waals surface area contributed by atoms with Gasteiger partial charge in [0.25, 0.3) is 5.91 Å². The average Bonchev–Trinajstić information content (AvgIpc) is 3.60. The minimum absolute atomic E-state index is 0.0197. The fourth-order valence-corrected chi connectivity index (χ4v) is 5.63. The SMILES string of the molecule is CC(C)C[C@H](NC(=O)[C@H](Cc1ccccc1)NC(=O)[C@H](CO)NC(=O)[C@H](CCCC[NH3+])NC(=O)[C@@H]1CCC[NH2+]1)C(=O)N[C@H](C(=O)O)C(C)C. The van der Waals surface area contributed by atoms with Crippen molar-refractivity contribution in [1.82, 2.24) is 26.6 Å². The third-order valence-corrected chi connectivity index (χ3v) is 8.43. The van der Waals surface area contributed by atoms with E-state index in [9.17, 15) is 39.0 Å². The van der Waals surface area contributed by atoms with Crippen LogP contribution >= 0.6 is 0 Å². The van der Waals surface area contributed by atoms with E-state index >= 15 is 0 Å². The van der Waals surface area contributed by atoms with E-state index in [1.54, 1.807) is 44.2 Å². The van der Waals surface area contributed by atoms with Gasteiger partial charge in [-0.2, -0.15) is 0 Å². The fourth-order valence-electron chi connectivity index (χ4n) is 5.63. The van der Waals surface area contributed by atoms with Gasteiger partial charge in [-0.15, -0.1) is 0 Å². The summed E-state index contributed by atoms with van der Waals surface area (Å²) in [7, 11) is 0. The molecule has 1 heterocycles. The van der Waals surface area contributed by atoms with Gasteiger partial charge < -0.3 is 47.8 Å². The molecule has 1 aliphatic rings. The smallest absolute Gasteiger partial charge is 0.326 e. The first kappa shape index (κ1) is 41.1. The van der Waals surface area contributed by atoms with Crippen molar-refractivity contribution in [2.75, 3.05) is 19.7 Å². The number of hydrogen-bond donors (Lipinski definition) is 9. The second-order valence-electron chi connectivity index (χ2n) is 13.4. The van der Waals surface area contributed by atoms with Crippen molar-refractivity contribution < 1.29 is 50.0 Å². The van der Waals surface area contributed by atoms with E-state index in [1.165, 1.54) is 0 Å². The van der Waals surface area contributed by atoms with Gasteiger partial charge in [-0.05, 0) is 43.1 Å². The predicted molar refractivity (Wildman–Crippen MR) is 180 cm³/mol. The first-order valence-corrected chi connectivity index (χ1v) is 17.3.